The molecule has 0 saturated heterocycles. The number of ketones is 1. The van der Waals surface area contributed by atoms with Crippen molar-refractivity contribution < 1.29 is 27.9 Å². The van der Waals surface area contributed by atoms with E-state index in [-0.39, 0.29) is 5.78 Å². The normalized spacial score (nSPS) is 12.1. The standard InChI is InChI=1S/C19H24O5Si.C4H10O/c1-22-25(23-2,24-3)14-13-15-9-7-8-12-17(15)19(21)18(20)16-10-5-4-6-11-16;1-3-5-4-2/h4-12,18,20H,13-14H2,1-3H3;3-4H2,1-2H3. The van der Waals surface area contributed by atoms with Gasteiger partial charge in [0, 0.05) is 46.2 Å². The molecule has 0 fully saturated rings. The zero-order valence-corrected chi connectivity index (χ0v) is 19.6. The number of carbonyl (C=O) groups is 1. The van der Waals surface area contributed by atoms with Crippen molar-refractivity contribution in [2.45, 2.75) is 32.4 Å². The molecular weight excluding hydrogens is 400 g/mol. The number of hydrogen-bond donors (Lipinski definition) is 1. The van der Waals surface area contributed by atoms with E-state index in [4.69, 9.17) is 18.0 Å². The second kappa shape index (κ2) is 14.2. The molecule has 6 nitrogen and oxygen atoms in total. The van der Waals surface area contributed by atoms with Gasteiger partial charge in [-0.15, -0.1) is 0 Å². The van der Waals surface area contributed by atoms with Gasteiger partial charge in [0.25, 0.3) is 0 Å². The fourth-order valence-electron chi connectivity index (χ4n) is 2.96. The van der Waals surface area contributed by atoms with Gasteiger partial charge in [-0.1, -0.05) is 54.6 Å². The smallest absolute Gasteiger partial charge is 0.382 e. The van der Waals surface area contributed by atoms with Crippen molar-refractivity contribution in [2.75, 3.05) is 34.5 Å². The van der Waals surface area contributed by atoms with Crippen molar-refractivity contribution in [3.8, 4) is 0 Å². The van der Waals surface area contributed by atoms with Crippen LogP contribution in [0.2, 0.25) is 6.04 Å². The molecule has 1 N–H and O–H groups in total. The number of ether oxygens (including phenoxy) is 1. The number of aliphatic hydroxyl groups is 1. The van der Waals surface area contributed by atoms with Crippen LogP contribution in [0.25, 0.3) is 0 Å². The number of aliphatic hydroxyl groups excluding tert-OH is 1. The molecule has 0 amide bonds. The fourth-order valence-corrected chi connectivity index (χ4v) is 4.65. The molecule has 2 aromatic rings. The monoisotopic (exact) mass is 434 g/mol. The molecule has 2 aromatic carbocycles. The third kappa shape index (κ3) is 7.75. The summed E-state index contributed by atoms with van der Waals surface area (Å²) >= 11 is 0. The molecule has 0 aromatic heterocycles. The molecule has 7 heteroatoms. The SMILES string of the molecule is CCOCC.CO[Si](CCc1ccccc1C(=O)C(O)c1ccccc1)(OC)OC. The minimum absolute atomic E-state index is 0.318. The van der Waals surface area contributed by atoms with Crippen LogP contribution in [0.15, 0.2) is 54.6 Å². The van der Waals surface area contributed by atoms with Crippen LogP contribution in [0.4, 0.5) is 0 Å². The van der Waals surface area contributed by atoms with Gasteiger partial charge in [0.2, 0.25) is 0 Å². The summed E-state index contributed by atoms with van der Waals surface area (Å²) in [4.78, 5) is 12.8. The van der Waals surface area contributed by atoms with Gasteiger partial charge in [0.1, 0.15) is 6.10 Å². The summed E-state index contributed by atoms with van der Waals surface area (Å²) < 4.78 is 21.1. The van der Waals surface area contributed by atoms with E-state index in [1.54, 1.807) is 57.7 Å². The minimum atomic E-state index is -2.72. The second-order valence-electron chi connectivity index (χ2n) is 6.41. The predicted molar refractivity (Wildman–Crippen MR) is 120 cm³/mol. The Hall–Kier alpha value is -1.87. The zero-order valence-electron chi connectivity index (χ0n) is 18.6. The molecule has 30 heavy (non-hydrogen) atoms. The van der Waals surface area contributed by atoms with E-state index < -0.39 is 14.9 Å². The van der Waals surface area contributed by atoms with Crippen LogP contribution in [-0.2, 0) is 24.4 Å². The zero-order chi connectivity index (χ0) is 22.4. The first-order valence-electron chi connectivity index (χ1n) is 10.1. The van der Waals surface area contributed by atoms with E-state index in [1.807, 2.05) is 32.0 Å². The van der Waals surface area contributed by atoms with Gasteiger partial charge in [-0.2, -0.15) is 0 Å². The van der Waals surface area contributed by atoms with E-state index in [0.29, 0.717) is 23.6 Å². The fraction of sp³-hybridized carbons (Fsp3) is 0.435. The lowest BCUT2D eigenvalue weighted by Crippen LogP contribution is -2.43. The Morgan fingerprint density at radius 1 is 0.900 bits per heavy atom. The molecule has 0 aliphatic carbocycles. The highest BCUT2D eigenvalue weighted by Crippen LogP contribution is 2.24. The van der Waals surface area contributed by atoms with Crippen LogP contribution in [0.3, 0.4) is 0 Å². The summed E-state index contributed by atoms with van der Waals surface area (Å²) in [7, 11) is 1.97. The average Bonchev–Trinajstić information content (AvgIpc) is 2.81. The largest absolute Gasteiger partial charge is 0.500 e. The van der Waals surface area contributed by atoms with Gasteiger partial charge in [-0.25, -0.2) is 0 Å². The number of carbonyl (C=O) groups excluding carboxylic acids is 1. The van der Waals surface area contributed by atoms with Crippen molar-refractivity contribution in [1.29, 1.82) is 0 Å². The lowest BCUT2D eigenvalue weighted by atomic mass is 9.95. The first-order valence-corrected chi connectivity index (χ1v) is 12.0. The van der Waals surface area contributed by atoms with Crippen LogP contribution in [0, 0.1) is 0 Å². The van der Waals surface area contributed by atoms with E-state index in [1.165, 1.54) is 0 Å². The van der Waals surface area contributed by atoms with Crippen molar-refractivity contribution >= 4 is 14.6 Å². The predicted octanol–water partition coefficient (Wildman–Crippen LogP) is 4.07. The second-order valence-corrected chi connectivity index (χ2v) is 9.50. The summed E-state index contributed by atoms with van der Waals surface area (Å²) in [6, 6.07) is 16.7. The topological polar surface area (TPSA) is 74.2 Å². The van der Waals surface area contributed by atoms with Crippen molar-refractivity contribution in [3.63, 3.8) is 0 Å². The van der Waals surface area contributed by atoms with E-state index in [9.17, 15) is 9.90 Å². The quantitative estimate of drug-likeness (QED) is 0.425. The van der Waals surface area contributed by atoms with E-state index >= 15 is 0 Å². The summed E-state index contributed by atoms with van der Waals surface area (Å²) in [5.41, 5.74) is 1.92. The average molecular weight is 435 g/mol. The van der Waals surface area contributed by atoms with Gasteiger partial charge in [-0.3, -0.25) is 4.79 Å². The molecule has 166 valence electrons. The molecule has 0 heterocycles. The van der Waals surface area contributed by atoms with Gasteiger partial charge < -0.3 is 23.1 Å². The molecule has 2 rings (SSSR count). The molecule has 1 atom stereocenters. The first-order chi connectivity index (χ1) is 14.5. The Balaban J connectivity index is 0.000000804. The number of rotatable bonds is 11. The Kier molecular flexibility index (Phi) is 12.4. The third-order valence-electron chi connectivity index (χ3n) is 4.69. The lowest BCUT2D eigenvalue weighted by Gasteiger charge is -2.24. The highest BCUT2D eigenvalue weighted by molar-refractivity contribution is 6.60. The Labute approximate surface area is 181 Å². The molecule has 0 aliphatic rings. The minimum Gasteiger partial charge on any atom is -0.382 e. The van der Waals surface area contributed by atoms with E-state index in [2.05, 4.69) is 0 Å². The summed E-state index contributed by atoms with van der Waals surface area (Å²) in [6.07, 6.45) is -0.623. The summed E-state index contributed by atoms with van der Waals surface area (Å²) in [5.74, 6) is -0.318. The molecule has 1 unspecified atom stereocenters. The van der Waals surface area contributed by atoms with Crippen LogP contribution in [0.5, 0.6) is 0 Å². The number of aryl methyl sites for hydroxylation is 1. The van der Waals surface area contributed by atoms with Gasteiger partial charge in [-0.05, 0) is 31.4 Å². The van der Waals surface area contributed by atoms with E-state index in [0.717, 1.165) is 18.8 Å². The molecule has 0 spiro atoms. The molecular formula is C23H34O6Si. The molecule has 0 radical (unpaired) electrons. The van der Waals surface area contributed by atoms with Gasteiger partial charge in [0.05, 0.1) is 0 Å². The van der Waals surface area contributed by atoms with Crippen molar-refractivity contribution in [1.82, 2.24) is 0 Å². The number of Topliss-reactive ketones (excluding diaryl/α,β-unsaturated/α-hetero) is 1. The highest BCUT2D eigenvalue weighted by atomic mass is 28.4. The van der Waals surface area contributed by atoms with Gasteiger partial charge in [0.15, 0.2) is 5.78 Å². The first kappa shape index (κ1) is 26.2. The van der Waals surface area contributed by atoms with Crippen LogP contribution in [0.1, 0.15) is 41.4 Å². The third-order valence-corrected chi connectivity index (χ3v) is 7.42. The Morgan fingerprint density at radius 3 is 1.93 bits per heavy atom. The molecule has 0 aliphatic heterocycles. The van der Waals surface area contributed by atoms with Crippen LogP contribution in [-0.4, -0.2) is 54.2 Å². The maximum atomic E-state index is 12.8. The Morgan fingerprint density at radius 2 is 1.43 bits per heavy atom. The lowest BCUT2D eigenvalue weighted by molar-refractivity contribution is 0.0746. The van der Waals surface area contributed by atoms with Crippen molar-refractivity contribution in [3.05, 3.63) is 71.3 Å². The maximum absolute atomic E-state index is 12.8. The number of benzene rings is 2. The number of hydrogen-bond acceptors (Lipinski definition) is 6. The maximum Gasteiger partial charge on any atom is 0.500 e. The summed E-state index contributed by atoms with van der Waals surface area (Å²) in [6.45, 7) is 5.67. The van der Waals surface area contributed by atoms with Crippen LogP contribution < -0.4 is 0 Å². The summed E-state index contributed by atoms with van der Waals surface area (Å²) in [5, 5.41) is 10.4. The Bertz CT molecular complexity index is 723. The molecule has 0 bridgehead atoms. The molecule has 0 saturated carbocycles. The van der Waals surface area contributed by atoms with Crippen LogP contribution >= 0.6 is 0 Å². The van der Waals surface area contributed by atoms with Crippen molar-refractivity contribution in [2.24, 2.45) is 0 Å². The van der Waals surface area contributed by atoms with Gasteiger partial charge >= 0.3 is 8.80 Å². The highest BCUT2D eigenvalue weighted by Gasteiger charge is 2.37.